The van der Waals surface area contributed by atoms with Gasteiger partial charge in [-0.25, -0.2) is 0 Å². The van der Waals surface area contributed by atoms with Crippen LogP contribution in [0.3, 0.4) is 0 Å². The van der Waals surface area contributed by atoms with Crippen LogP contribution in [0.25, 0.3) is 0 Å². The summed E-state index contributed by atoms with van der Waals surface area (Å²) in [5.41, 5.74) is -0.537. The molecule has 3 heteroatoms. The minimum absolute atomic E-state index is 0.537. The predicted octanol–water partition coefficient (Wildman–Crippen LogP) is 1.88. The summed E-state index contributed by atoms with van der Waals surface area (Å²) in [6.45, 7) is 6.80. The Labute approximate surface area is 86.5 Å². The average Bonchev–Trinajstić information content (AvgIpc) is 2.01. The zero-order valence-electron chi connectivity index (χ0n) is 9.26. The van der Waals surface area contributed by atoms with Gasteiger partial charge in [0.15, 0.2) is 0 Å². The van der Waals surface area contributed by atoms with Crippen LogP contribution in [0, 0.1) is 0 Å². The van der Waals surface area contributed by atoms with Crippen LogP contribution in [0.2, 0.25) is 0 Å². The number of hydrogen-bond acceptors (Lipinski definition) is 3. The van der Waals surface area contributed by atoms with Gasteiger partial charge in [-0.1, -0.05) is 6.92 Å². The standard InChI is InChI=1S/C10H23NOS/c1-5-9(8-13-4)11-7-6-10(2,3)12/h9,11-12H,5-8H2,1-4H3. The van der Waals surface area contributed by atoms with E-state index in [9.17, 15) is 5.11 Å². The smallest absolute Gasteiger partial charge is 0.0603 e. The van der Waals surface area contributed by atoms with Gasteiger partial charge in [0.2, 0.25) is 0 Å². The van der Waals surface area contributed by atoms with Crippen LogP contribution in [0.4, 0.5) is 0 Å². The molecular weight excluding hydrogens is 182 g/mol. The Kier molecular flexibility index (Phi) is 6.82. The normalized spacial score (nSPS) is 14.5. The molecule has 0 aromatic heterocycles. The maximum absolute atomic E-state index is 9.49. The summed E-state index contributed by atoms with van der Waals surface area (Å²) in [6.07, 6.45) is 4.10. The Morgan fingerprint density at radius 3 is 2.46 bits per heavy atom. The van der Waals surface area contributed by atoms with Crippen LogP contribution in [0.15, 0.2) is 0 Å². The summed E-state index contributed by atoms with van der Waals surface area (Å²) in [7, 11) is 0. The fourth-order valence-corrected chi connectivity index (χ4v) is 1.86. The molecule has 0 aromatic carbocycles. The molecular formula is C10H23NOS. The molecule has 0 spiro atoms. The minimum atomic E-state index is -0.537. The van der Waals surface area contributed by atoms with Gasteiger partial charge in [0.05, 0.1) is 5.60 Å². The first-order valence-electron chi connectivity index (χ1n) is 4.94. The van der Waals surface area contributed by atoms with Crippen molar-refractivity contribution in [3.05, 3.63) is 0 Å². The summed E-state index contributed by atoms with van der Waals surface area (Å²) in [5.74, 6) is 1.16. The molecule has 0 rings (SSSR count). The summed E-state index contributed by atoms with van der Waals surface area (Å²) >= 11 is 1.87. The summed E-state index contributed by atoms with van der Waals surface area (Å²) in [4.78, 5) is 0. The van der Waals surface area contributed by atoms with Crippen LogP contribution in [0.1, 0.15) is 33.6 Å². The van der Waals surface area contributed by atoms with Gasteiger partial charge in [-0.05, 0) is 39.5 Å². The monoisotopic (exact) mass is 205 g/mol. The van der Waals surface area contributed by atoms with Crippen molar-refractivity contribution in [3.8, 4) is 0 Å². The molecule has 0 saturated carbocycles. The number of rotatable bonds is 7. The zero-order chi connectivity index (χ0) is 10.3. The molecule has 2 N–H and O–H groups in total. The lowest BCUT2D eigenvalue weighted by atomic mass is 10.1. The second-order valence-electron chi connectivity index (χ2n) is 4.08. The maximum Gasteiger partial charge on any atom is 0.0603 e. The highest BCUT2D eigenvalue weighted by atomic mass is 32.2. The molecule has 1 atom stereocenters. The van der Waals surface area contributed by atoms with E-state index >= 15 is 0 Å². The molecule has 0 fully saturated rings. The molecule has 80 valence electrons. The van der Waals surface area contributed by atoms with E-state index in [-0.39, 0.29) is 0 Å². The van der Waals surface area contributed by atoms with E-state index in [0.717, 1.165) is 25.1 Å². The molecule has 2 nitrogen and oxygen atoms in total. The van der Waals surface area contributed by atoms with Crippen LogP contribution in [-0.4, -0.2) is 35.3 Å². The molecule has 0 aliphatic rings. The maximum atomic E-state index is 9.49. The molecule has 0 saturated heterocycles. The van der Waals surface area contributed by atoms with Crippen LogP contribution < -0.4 is 5.32 Å². The molecule has 0 bridgehead atoms. The number of aliphatic hydroxyl groups is 1. The van der Waals surface area contributed by atoms with Crippen molar-refractivity contribution in [2.75, 3.05) is 18.6 Å². The van der Waals surface area contributed by atoms with Crippen LogP contribution in [-0.2, 0) is 0 Å². The second-order valence-corrected chi connectivity index (χ2v) is 4.99. The molecule has 13 heavy (non-hydrogen) atoms. The topological polar surface area (TPSA) is 32.3 Å². The molecule has 0 heterocycles. The Hall–Kier alpha value is 0.270. The highest BCUT2D eigenvalue weighted by Gasteiger charge is 2.12. The molecule has 1 unspecified atom stereocenters. The van der Waals surface area contributed by atoms with E-state index in [1.54, 1.807) is 0 Å². The quantitative estimate of drug-likeness (QED) is 0.665. The summed E-state index contributed by atoms with van der Waals surface area (Å²) in [5, 5.41) is 12.9. The number of nitrogens with one attached hydrogen (secondary N) is 1. The lowest BCUT2D eigenvalue weighted by Crippen LogP contribution is -2.35. The second kappa shape index (κ2) is 6.68. The first-order chi connectivity index (χ1) is 5.99. The minimum Gasteiger partial charge on any atom is -0.390 e. The van der Waals surface area contributed by atoms with Crippen LogP contribution in [0.5, 0.6) is 0 Å². The Balaban J connectivity index is 3.49. The third-order valence-electron chi connectivity index (χ3n) is 2.03. The van der Waals surface area contributed by atoms with Gasteiger partial charge in [-0.3, -0.25) is 0 Å². The Morgan fingerprint density at radius 2 is 2.08 bits per heavy atom. The third-order valence-corrected chi connectivity index (χ3v) is 2.77. The van der Waals surface area contributed by atoms with E-state index in [2.05, 4.69) is 18.5 Å². The molecule has 0 amide bonds. The molecule has 0 aliphatic carbocycles. The van der Waals surface area contributed by atoms with Gasteiger partial charge in [-0.2, -0.15) is 11.8 Å². The van der Waals surface area contributed by atoms with Crippen molar-refractivity contribution in [1.29, 1.82) is 0 Å². The molecule has 0 radical (unpaired) electrons. The van der Waals surface area contributed by atoms with E-state index in [1.165, 1.54) is 0 Å². The Bertz CT molecular complexity index is 123. The van der Waals surface area contributed by atoms with Gasteiger partial charge in [0, 0.05) is 11.8 Å². The first-order valence-corrected chi connectivity index (χ1v) is 6.33. The SMILES string of the molecule is CCC(CSC)NCCC(C)(C)O. The van der Waals surface area contributed by atoms with E-state index in [1.807, 2.05) is 25.6 Å². The first kappa shape index (κ1) is 13.3. The summed E-state index contributed by atoms with van der Waals surface area (Å²) < 4.78 is 0. The van der Waals surface area contributed by atoms with Gasteiger partial charge < -0.3 is 10.4 Å². The van der Waals surface area contributed by atoms with Crippen LogP contribution >= 0.6 is 11.8 Å². The lowest BCUT2D eigenvalue weighted by Gasteiger charge is -2.20. The van der Waals surface area contributed by atoms with Crippen molar-refractivity contribution in [1.82, 2.24) is 5.32 Å². The van der Waals surface area contributed by atoms with E-state index < -0.39 is 5.60 Å². The Morgan fingerprint density at radius 1 is 1.46 bits per heavy atom. The third kappa shape index (κ3) is 8.60. The van der Waals surface area contributed by atoms with Crippen molar-refractivity contribution in [2.45, 2.75) is 45.3 Å². The number of hydrogen-bond donors (Lipinski definition) is 2. The number of thioether (sulfide) groups is 1. The van der Waals surface area contributed by atoms with Crippen molar-refractivity contribution < 1.29 is 5.11 Å². The molecule has 0 aliphatic heterocycles. The highest BCUT2D eigenvalue weighted by Crippen LogP contribution is 2.07. The largest absolute Gasteiger partial charge is 0.390 e. The van der Waals surface area contributed by atoms with Gasteiger partial charge in [0.25, 0.3) is 0 Å². The van der Waals surface area contributed by atoms with Gasteiger partial charge >= 0.3 is 0 Å². The fraction of sp³-hybridized carbons (Fsp3) is 1.00. The van der Waals surface area contributed by atoms with Crippen molar-refractivity contribution in [2.24, 2.45) is 0 Å². The van der Waals surface area contributed by atoms with Gasteiger partial charge in [-0.15, -0.1) is 0 Å². The zero-order valence-corrected chi connectivity index (χ0v) is 10.1. The summed E-state index contributed by atoms with van der Waals surface area (Å²) in [6, 6.07) is 0.595. The van der Waals surface area contributed by atoms with E-state index in [4.69, 9.17) is 0 Å². The van der Waals surface area contributed by atoms with E-state index in [0.29, 0.717) is 6.04 Å². The predicted molar refractivity (Wildman–Crippen MR) is 61.4 cm³/mol. The highest BCUT2D eigenvalue weighted by molar-refractivity contribution is 7.98. The lowest BCUT2D eigenvalue weighted by molar-refractivity contribution is 0.0705. The van der Waals surface area contributed by atoms with Crippen molar-refractivity contribution >= 4 is 11.8 Å². The average molecular weight is 205 g/mol. The van der Waals surface area contributed by atoms with Gasteiger partial charge in [0.1, 0.15) is 0 Å². The van der Waals surface area contributed by atoms with Crippen molar-refractivity contribution in [3.63, 3.8) is 0 Å². The molecule has 0 aromatic rings. The fourth-order valence-electron chi connectivity index (χ4n) is 1.10.